The highest BCUT2D eigenvalue weighted by molar-refractivity contribution is 5.82. The summed E-state index contributed by atoms with van der Waals surface area (Å²) in [5.41, 5.74) is 5.35. The van der Waals surface area contributed by atoms with E-state index in [-0.39, 0.29) is 11.9 Å². The monoisotopic (exact) mass is 173 g/mol. The summed E-state index contributed by atoms with van der Waals surface area (Å²) >= 11 is 0. The predicted octanol–water partition coefficient (Wildman–Crippen LogP) is 0.279. The Bertz CT molecular complexity index is 138. The minimum Gasteiger partial charge on any atom is -0.386 e. The molecule has 0 rings (SSSR count). The van der Waals surface area contributed by atoms with Crippen molar-refractivity contribution in [3.8, 4) is 0 Å². The molecule has 1 unspecified atom stereocenters. The third-order valence-corrected chi connectivity index (χ3v) is 1.97. The van der Waals surface area contributed by atoms with Crippen molar-refractivity contribution in [1.29, 1.82) is 5.41 Å². The van der Waals surface area contributed by atoms with Gasteiger partial charge in [0.25, 0.3) is 0 Å². The fourth-order valence-electron chi connectivity index (χ4n) is 0.889. The van der Waals surface area contributed by atoms with Gasteiger partial charge in [-0.05, 0) is 20.4 Å². The Labute approximate surface area is 74.2 Å². The number of amidine groups is 1. The first-order valence-electron chi connectivity index (χ1n) is 4.12. The lowest BCUT2D eigenvalue weighted by Gasteiger charge is -2.22. The molecule has 0 amide bonds. The van der Waals surface area contributed by atoms with Crippen LogP contribution in [0.2, 0.25) is 0 Å². The van der Waals surface area contributed by atoms with E-state index in [1.54, 1.807) is 7.11 Å². The van der Waals surface area contributed by atoms with E-state index < -0.39 is 0 Å². The van der Waals surface area contributed by atoms with Crippen LogP contribution in [0.15, 0.2) is 0 Å². The van der Waals surface area contributed by atoms with Gasteiger partial charge in [-0.3, -0.25) is 10.3 Å². The number of ether oxygens (including phenoxy) is 1. The van der Waals surface area contributed by atoms with Crippen molar-refractivity contribution in [3.05, 3.63) is 0 Å². The van der Waals surface area contributed by atoms with E-state index >= 15 is 0 Å². The normalized spacial score (nSPS) is 13.3. The summed E-state index contributed by atoms with van der Waals surface area (Å²) in [4.78, 5) is 2.04. The van der Waals surface area contributed by atoms with Gasteiger partial charge in [-0.2, -0.15) is 0 Å². The van der Waals surface area contributed by atoms with Crippen LogP contribution in [0.1, 0.15) is 13.3 Å². The van der Waals surface area contributed by atoms with Crippen LogP contribution in [0.25, 0.3) is 0 Å². The van der Waals surface area contributed by atoms with Crippen molar-refractivity contribution in [2.75, 3.05) is 27.3 Å². The Morgan fingerprint density at radius 2 is 2.25 bits per heavy atom. The molecule has 0 fully saturated rings. The largest absolute Gasteiger partial charge is 0.386 e. The van der Waals surface area contributed by atoms with E-state index in [0.29, 0.717) is 0 Å². The predicted molar refractivity (Wildman–Crippen MR) is 50.5 cm³/mol. The molecule has 3 N–H and O–H groups in total. The SMILES string of the molecule is COCCCN(C)C(C)C(=N)N. The topological polar surface area (TPSA) is 62.3 Å². The first-order valence-corrected chi connectivity index (χ1v) is 4.12. The maximum Gasteiger partial charge on any atom is 0.108 e. The van der Waals surface area contributed by atoms with Crippen LogP contribution < -0.4 is 5.73 Å². The van der Waals surface area contributed by atoms with Gasteiger partial charge in [0.05, 0.1) is 6.04 Å². The van der Waals surface area contributed by atoms with E-state index in [1.165, 1.54) is 0 Å². The Hall–Kier alpha value is -0.610. The maximum atomic E-state index is 7.22. The van der Waals surface area contributed by atoms with Crippen LogP contribution in [0.4, 0.5) is 0 Å². The van der Waals surface area contributed by atoms with Gasteiger partial charge in [-0.15, -0.1) is 0 Å². The molecule has 0 bridgehead atoms. The minimum absolute atomic E-state index is 0.0295. The van der Waals surface area contributed by atoms with Gasteiger partial charge in [0.15, 0.2) is 0 Å². The lowest BCUT2D eigenvalue weighted by molar-refractivity contribution is 0.176. The summed E-state index contributed by atoms with van der Waals surface area (Å²) in [6, 6.07) is 0.0295. The van der Waals surface area contributed by atoms with Gasteiger partial charge in [-0.25, -0.2) is 0 Å². The maximum absolute atomic E-state index is 7.22. The summed E-state index contributed by atoms with van der Waals surface area (Å²) in [7, 11) is 3.65. The zero-order valence-corrected chi connectivity index (χ0v) is 8.13. The van der Waals surface area contributed by atoms with E-state index in [4.69, 9.17) is 15.9 Å². The smallest absolute Gasteiger partial charge is 0.108 e. The van der Waals surface area contributed by atoms with Gasteiger partial charge < -0.3 is 10.5 Å². The molecule has 0 saturated carbocycles. The molecule has 0 saturated heterocycles. The van der Waals surface area contributed by atoms with Gasteiger partial charge >= 0.3 is 0 Å². The highest BCUT2D eigenvalue weighted by Gasteiger charge is 2.10. The summed E-state index contributed by atoms with van der Waals surface area (Å²) in [6.45, 7) is 3.60. The van der Waals surface area contributed by atoms with Crippen LogP contribution >= 0.6 is 0 Å². The molecule has 0 radical (unpaired) electrons. The van der Waals surface area contributed by atoms with Crippen LogP contribution in [0, 0.1) is 5.41 Å². The Balaban J connectivity index is 3.56. The third kappa shape index (κ3) is 4.31. The fraction of sp³-hybridized carbons (Fsp3) is 0.875. The average Bonchev–Trinajstić information content (AvgIpc) is 2.03. The molecule has 4 heteroatoms. The fourth-order valence-corrected chi connectivity index (χ4v) is 0.889. The molecule has 0 aliphatic rings. The second-order valence-corrected chi connectivity index (χ2v) is 2.96. The molecule has 0 aromatic heterocycles. The van der Waals surface area contributed by atoms with Crippen molar-refractivity contribution in [1.82, 2.24) is 4.90 Å². The molecule has 0 aromatic carbocycles. The molecule has 4 nitrogen and oxygen atoms in total. The molecule has 0 aliphatic carbocycles. The Morgan fingerprint density at radius 3 is 2.67 bits per heavy atom. The van der Waals surface area contributed by atoms with Crippen molar-refractivity contribution < 1.29 is 4.74 Å². The zero-order chi connectivity index (χ0) is 9.56. The third-order valence-electron chi connectivity index (χ3n) is 1.97. The number of nitrogens with one attached hydrogen (secondary N) is 1. The quantitative estimate of drug-likeness (QED) is 0.344. The standard InChI is InChI=1S/C8H19N3O/c1-7(8(9)10)11(2)5-4-6-12-3/h7H,4-6H2,1-3H3,(H3,9,10). The van der Waals surface area contributed by atoms with Crippen LogP contribution in [0.5, 0.6) is 0 Å². The number of nitrogens with two attached hydrogens (primary N) is 1. The number of hydrogen-bond donors (Lipinski definition) is 2. The summed E-state index contributed by atoms with van der Waals surface area (Å²) in [6.07, 6.45) is 0.977. The van der Waals surface area contributed by atoms with Crippen molar-refractivity contribution in [2.45, 2.75) is 19.4 Å². The van der Waals surface area contributed by atoms with Crippen LogP contribution in [-0.4, -0.2) is 44.1 Å². The molecular formula is C8H19N3O. The van der Waals surface area contributed by atoms with E-state index in [0.717, 1.165) is 19.6 Å². The molecule has 0 spiro atoms. The number of rotatable bonds is 6. The molecule has 1 atom stereocenters. The number of methoxy groups -OCH3 is 1. The Kier molecular flexibility index (Phi) is 5.66. The van der Waals surface area contributed by atoms with E-state index in [9.17, 15) is 0 Å². The number of hydrogen-bond acceptors (Lipinski definition) is 3. The van der Waals surface area contributed by atoms with Gasteiger partial charge in [-0.1, -0.05) is 0 Å². The highest BCUT2D eigenvalue weighted by atomic mass is 16.5. The number of likely N-dealkylation sites (N-methyl/N-ethyl adjacent to an activating group) is 1. The molecule has 12 heavy (non-hydrogen) atoms. The van der Waals surface area contributed by atoms with Gasteiger partial charge in [0, 0.05) is 20.3 Å². The van der Waals surface area contributed by atoms with Crippen LogP contribution in [-0.2, 0) is 4.74 Å². The summed E-state index contributed by atoms with van der Waals surface area (Å²) in [5.74, 6) is 0.218. The van der Waals surface area contributed by atoms with Gasteiger partial charge in [0.2, 0.25) is 0 Å². The first-order chi connectivity index (χ1) is 5.59. The molecule has 72 valence electrons. The van der Waals surface area contributed by atoms with Crippen molar-refractivity contribution in [3.63, 3.8) is 0 Å². The second kappa shape index (κ2) is 5.97. The molecule has 0 aliphatic heterocycles. The Morgan fingerprint density at radius 1 is 1.67 bits per heavy atom. The van der Waals surface area contributed by atoms with Crippen LogP contribution in [0.3, 0.4) is 0 Å². The van der Waals surface area contributed by atoms with E-state index in [2.05, 4.69) is 0 Å². The van der Waals surface area contributed by atoms with Crippen molar-refractivity contribution >= 4 is 5.84 Å². The first kappa shape index (κ1) is 11.4. The molecule has 0 aromatic rings. The van der Waals surface area contributed by atoms with Gasteiger partial charge in [0.1, 0.15) is 5.84 Å². The molecular weight excluding hydrogens is 154 g/mol. The van der Waals surface area contributed by atoms with E-state index in [1.807, 2.05) is 18.9 Å². The lowest BCUT2D eigenvalue weighted by atomic mass is 10.2. The molecule has 0 heterocycles. The lowest BCUT2D eigenvalue weighted by Crippen LogP contribution is -2.40. The summed E-state index contributed by atoms with van der Waals surface area (Å²) in [5, 5.41) is 7.22. The zero-order valence-electron chi connectivity index (χ0n) is 8.13. The number of nitrogens with zero attached hydrogens (tertiary/aromatic N) is 1. The average molecular weight is 173 g/mol. The minimum atomic E-state index is 0.0295. The van der Waals surface area contributed by atoms with Crippen molar-refractivity contribution in [2.24, 2.45) is 5.73 Å². The summed E-state index contributed by atoms with van der Waals surface area (Å²) < 4.78 is 4.92. The second-order valence-electron chi connectivity index (χ2n) is 2.96. The highest BCUT2D eigenvalue weighted by Crippen LogP contribution is 1.95.